The maximum atomic E-state index is 12.8. The molecule has 0 spiro atoms. The fourth-order valence-corrected chi connectivity index (χ4v) is 3.94. The lowest BCUT2D eigenvalue weighted by Crippen LogP contribution is -2.15. The van der Waals surface area contributed by atoms with Crippen LogP contribution in [0, 0.1) is 11.3 Å². The molecule has 154 valence electrons. The normalized spacial score (nSPS) is 11.7. The van der Waals surface area contributed by atoms with E-state index in [1.807, 2.05) is 6.07 Å². The Bertz CT molecular complexity index is 1240. The number of rotatable bonds is 4. The number of aromatic nitrogens is 2. The third-order valence-corrected chi connectivity index (χ3v) is 5.88. The van der Waals surface area contributed by atoms with Crippen molar-refractivity contribution < 1.29 is 8.42 Å². The highest BCUT2D eigenvalue weighted by Gasteiger charge is 2.19. The summed E-state index contributed by atoms with van der Waals surface area (Å²) in [4.78, 5) is 8.02. The summed E-state index contributed by atoms with van der Waals surface area (Å²) in [6.45, 7) is 6.17. The van der Waals surface area contributed by atoms with Crippen molar-refractivity contribution in [1.29, 1.82) is 5.26 Å². The van der Waals surface area contributed by atoms with E-state index in [0.29, 0.717) is 11.3 Å². The fourth-order valence-electron chi connectivity index (χ4n) is 2.89. The predicted octanol–water partition coefficient (Wildman–Crippen LogP) is 3.28. The highest BCUT2D eigenvalue weighted by atomic mass is 32.2. The van der Waals surface area contributed by atoms with Crippen molar-refractivity contribution >= 4 is 27.5 Å². The van der Waals surface area contributed by atoms with Gasteiger partial charge in [-0.15, -0.1) is 0 Å². The Morgan fingerprint density at radius 3 is 2.30 bits per heavy atom. The Hall–Kier alpha value is -3.64. The van der Waals surface area contributed by atoms with Crippen molar-refractivity contribution in [1.82, 2.24) is 9.97 Å². The highest BCUT2D eigenvalue weighted by molar-refractivity contribution is 7.92. The minimum atomic E-state index is -3.80. The average Bonchev–Trinajstić information content (AvgIpc) is 2.67. The van der Waals surface area contributed by atoms with E-state index in [9.17, 15) is 13.7 Å². The van der Waals surface area contributed by atoms with Gasteiger partial charge in [-0.1, -0.05) is 45.0 Å². The molecule has 9 heteroatoms. The number of nitrogens with two attached hydrogens (primary N) is 2. The Morgan fingerprint density at radius 2 is 1.70 bits per heavy atom. The van der Waals surface area contributed by atoms with Gasteiger partial charge in [-0.3, -0.25) is 4.72 Å². The zero-order valence-corrected chi connectivity index (χ0v) is 17.7. The van der Waals surface area contributed by atoms with Crippen LogP contribution in [0.25, 0.3) is 11.3 Å². The van der Waals surface area contributed by atoms with Gasteiger partial charge >= 0.3 is 0 Å². The van der Waals surface area contributed by atoms with Gasteiger partial charge in [0, 0.05) is 11.3 Å². The molecule has 3 rings (SSSR count). The third-order valence-electron chi connectivity index (χ3n) is 4.48. The lowest BCUT2D eigenvalue weighted by Gasteiger charge is -2.19. The van der Waals surface area contributed by atoms with Crippen LogP contribution in [-0.2, 0) is 15.4 Å². The van der Waals surface area contributed by atoms with E-state index in [2.05, 4.69) is 35.5 Å². The summed E-state index contributed by atoms with van der Waals surface area (Å²) in [6, 6.07) is 15.2. The molecule has 5 N–H and O–H groups in total. The predicted molar refractivity (Wildman–Crippen MR) is 117 cm³/mol. The second kappa shape index (κ2) is 7.65. The van der Waals surface area contributed by atoms with Gasteiger partial charge in [0.05, 0.1) is 10.6 Å². The molecular weight excluding hydrogens is 400 g/mol. The largest absolute Gasteiger partial charge is 0.382 e. The van der Waals surface area contributed by atoms with Gasteiger partial charge < -0.3 is 11.5 Å². The van der Waals surface area contributed by atoms with Crippen LogP contribution in [0.2, 0.25) is 0 Å². The lowest BCUT2D eigenvalue weighted by atomic mass is 9.87. The summed E-state index contributed by atoms with van der Waals surface area (Å²) in [5, 5.41) is 9.37. The Balaban J connectivity index is 1.95. The minimum absolute atomic E-state index is 0.0371. The molecular formula is C21H22N6O2S. The number of nitrogens with zero attached hydrogens (tertiary/aromatic N) is 3. The van der Waals surface area contributed by atoms with E-state index in [1.165, 1.54) is 0 Å². The summed E-state index contributed by atoms with van der Waals surface area (Å²) in [5.41, 5.74) is 13.5. The van der Waals surface area contributed by atoms with Gasteiger partial charge in [-0.2, -0.15) is 10.2 Å². The third kappa shape index (κ3) is 4.34. The van der Waals surface area contributed by atoms with Crippen LogP contribution < -0.4 is 16.2 Å². The molecule has 1 heterocycles. The van der Waals surface area contributed by atoms with Crippen molar-refractivity contribution in [3.05, 3.63) is 59.7 Å². The van der Waals surface area contributed by atoms with Crippen molar-refractivity contribution in [2.75, 3.05) is 16.2 Å². The van der Waals surface area contributed by atoms with Crippen LogP contribution in [0.15, 0.2) is 53.4 Å². The molecule has 0 amide bonds. The zero-order valence-electron chi connectivity index (χ0n) is 16.8. The molecule has 0 unspecified atom stereocenters. The smallest absolute Gasteiger partial charge is 0.261 e. The molecule has 0 radical (unpaired) electrons. The maximum absolute atomic E-state index is 12.8. The van der Waals surface area contributed by atoms with Crippen molar-refractivity contribution in [3.63, 3.8) is 0 Å². The number of anilines is 3. The van der Waals surface area contributed by atoms with Crippen LogP contribution in [-0.4, -0.2) is 18.4 Å². The molecule has 30 heavy (non-hydrogen) atoms. The van der Waals surface area contributed by atoms with Gasteiger partial charge in [0.2, 0.25) is 5.95 Å². The van der Waals surface area contributed by atoms with Crippen LogP contribution in [0.4, 0.5) is 17.5 Å². The number of benzene rings is 2. The lowest BCUT2D eigenvalue weighted by molar-refractivity contribution is 0.587. The van der Waals surface area contributed by atoms with Gasteiger partial charge in [0.1, 0.15) is 17.5 Å². The first-order valence-corrected chi connectivity index (χ1v) is 10.6. The molecule has 3 aromatic rings. The van der Waals surface area contributed by atoms with E-state index >= 15 is 0 Å². The number of hydrogen-bond donors (Lipinski definition) is 3. The molecule has 0 saturated carbocycles. The Kier molecular flexibility index (Phi) is 5.37. The van der Waals surface area contributed by atoms with E-state index < -0.39 is 10.0 Å². The van der Waals surface area contributed by atoms with Crippen LogP contribution in [0.1, 0.15) is 31.9 Å². The monoisotopic (exact) mass is 422 g/mol. The number of nitrogen functional groups attached to an aromatic ring is 2. The first kappa shape index (κ1) is 21.1. The van der Waals surface area contributed by atoms with Crippen LogP contribution in [0.5, 0.6) is 0 Å². The van der Waals surface area contributed by atoms with E-state index in [1.54, 1.807) is 48.5 Å². The number of sulfonamides is 1. The summed E-state index contributed by atoms with van der Waals surface area (Å²) in [7, 11) is -3.80. The quantitative estimate of drug-likeness (QED) is 0.584. The Morgan fingerprint density at radius 1 is 1.03 bits per heavy atom. The Labute approximate surface area is 175 Å². The fraction of sp³-hybridized carbons (Fsp3) is 0.190. The zero-order chi connectivity index (χ0) is 22.1. The molecule has 0 atom stereocenters. The molecule has 0 bridgehead atoms. The van der Waals surface area contributed by atoms with Crippen molar-refractivity contribution in [2.24, 2.45) is 0 Å². The topological polar surface area (TPSA) is 148 Å². The summed E-state index contributed by atoms with van der Waals surface area (Å²) in [5.74, 6) is -0.114. The maximum Gasteiger partial charge on any atom is 0.261 e. The first-order valence-electron chi connectivity index (χ1n) is 9.08. The van der Waals surface area contributed by atoms with Crippen LogP contribution in [0.3, 0.4) is 0 Å². The van der Waals surface area contributed by atoms with Crippen LogP contribution >= 0.6 is 0 Å². The number of nitrogens with one attached hydrogen (secondary N) is 1. The summed E-state index contributed by atoms with van der Waals surface area (Å²) < 4.78 is 28.2. The number of hydrogen-bond acceptors (Lipinski definition) is 7. The van der Waals surface area contributed by atoms with Gasteiger partial charge in [0.15, 0.2) is 0 Å². The molecule has 1 aromatic heterocycles. The SMILES string of the molecule is CC(C)(C)c1ccc(S(=O)(=O)Nc2cccc(-c3nc(N)nc(N)c3C#N)c2)cc1. The molecule has 8 nitrogen and oxygen atoms in total. The minimum Gasteiger partial charge on any atom is -0.382 e. The standard InChI is InChI=1S/C21H22N6O2S/c1-21(2,3)14-7-9-16(10-8-14)30(28,29)27-15-6-4-5-13(11-15)18-17(12-22)19(23)26-20(24)25-18/h4-11,27H,1-3H3,(H4,23,24,25,26). The first-order chi connectivity index (χ1) is 14.0. The van der Waals surface area contributed by atoms with E-state index in [-0.39, 0.29) is 33.3 Å². The van der Waals surface area contributed by atoms with E-state index in [0.717, 1.165) is 5.56 Å². The molecule has 0 aliphatic carbocycles. The van der Waals surface area contributed by atoms with Crippen molar-refractivity contribution in [2.45, 2.75) is 31.1 Å². The van der Waals surface area contributed by atoms with Gasteiger partial charge in [-0.25, -0.2) is 13.4 Å². The highest BCUT2D eigenvalue weighted by Crippen LogP contribution is 2.29. The summed E-state index contributed by atoms with van der Waals surface area (Å²) in [6.07, 6.45) is 0. The van der Waals surface area contributed by atoms with Gasteiger partial charge in [0.25, 0.3) is 10.0 Å². The molecule has 0 fully saturated rings. The second-order valence-electron chi connectivity index (χ2n) is 7.76. The summed E-state index contributed by atoms with van der Waals surface area (Å²) >= 11 is 0. The molecule has 0 saturated heterocycles. The van der Waals surface area contributed by atoms with Gasteiger partial charge in [-0.05, 0) is 35.2 Å². The molecule has 0 aliphatic rings. The number of nitriles is 1. The molecule has 2 aromatic carbocycles. The van der Waals surface area contributed by atoms with Crippen molar-refractivity contribution in [3.8, 4) is 17.3 Å². The second-order valence-corrected chi connectivity index (χ2v) is 9.45. The van der Waals surface area contributed by atoms with E-state index in [4.69, 9.17) is 11.5 Å². The average molecular weight is 423 g/mol. The molecule has 0 aliphatic heterocycles.